The minimum atomic E-state index is -0.555. The number of ether oxygens (including phenoxy) is 2. The van der Waals surface area contributed by atoms with Crippen LogP contribution in [0.25, 0.3) is 0 Å². The van der Waals surface area contributed by atoms with Crippen molar-refractivity contribution in [2.75, 3.05) is 13.2 Å². The number of amides is 1. The van der Waals surface area contributed by atoms with Crippen LogP contribution in [0.2, 0.25) is 0 Å². The van der Waals surface area contributed by atoms with E-state index in [0.717, 1.165) is 0 Å². The van der Waals surface area contributed by atoms with Gasteiger partial charge in [-0.3, -0.25) is 0 Å². The molecule has 0 aromatic carbocycles. The highest BCUT2D eigenvalue weighted by molar-refractivity contribution is 5.69. The lowest BCUT2D eigenvalue weighted by molar-refractivity contribution is 0.0374. The first kappa shape index (κ1) is 14.3. The van der Waals surface area contributed by atoms with Gasteiger partial charge in [0.05, 0.1) is 12.1 Å². The first-order chi connectivity index (χ1) is 7.56. The van der Waals surface area contributed by atoms with Crippen LogP contribution in [-0.4, -0.2) is 36.0 Å². The van der Waals surface area contributed by atoms with Crippen molar-refractivity contribution in [3.63, 3.8) is 0 Å². The van der Waals surface area contributed by atoms with E-state index in [-0.39, 0.29) is 0 Å². The SMILES string of the molecule is CC(C)(C)OC(=O)NC1(C(C)(C)N)CCOC1. The van der Waals surface area contributed by atoms with E-state index in [1.165, 1.54) is 0 Å². The van der Waals surface area contributed by atoms with Crippen LogP contribution in [-0.2, 0) is 9.47 Å². The van der Waals surface area contributed by atoms with Gasteiger partial charge in [-0.25, -0.2) is 4.79 Å². The summed E-state index contributed by atoms with van der Waals surface area (Å²) in [6, 6.07) is 0. The van der Waals surface area contributed by atoms with E-state index in [1.54, 1.807) is 0 Å². The van der Waals surface area contributed by atoms with E-state index in [9.17, 15) is 4.79 Å². The number of hydrogen-bond acceptors (Lipinski definition) is 4. The lowest BCUT2D eigenvalue weighted by Crippen LogP contribution is -2.66. The molecule has 0 radical (unpaired) electrons. The molecule has 0 bridgehead atoms. The minimum Gasteiger partial charge on any atom is -0.444 e. The molecule has 0 saturated carbocycles. The van der Waals surface area contributed by atoms with Crippen molar-refractivity contribution < 1.29 is 14.3 Å². The van der Waals surface area contributed by atoms with Gasteiger partial charge >= 0.3 is 6.09 Å². The van der Waals surface area contributed by atoms with E-state index < -0.39 is 22.8 Å². The summed E-state index contributed by atoms with van der Waals surface area (Å²) in [4.78, 5) is 11.8. The Morgan fingerprint density at radius 1 is 1.35 bits per heavy atom. The van der Waals surface area contributed by atoms with Crippen LogP contribution in [0.3, 0.4) is 0 Å². The summed E-state index contributed by atoms with van der Waals surface area (Å²) >= 11 is 0. The van der Waals surface area contributed by atoms with E-state index in [2.05, 4.69) is 5.32 Å². The fraction of sp³-hybridized carbons (Fsp3) is 0.917. The third-order valence-electron chi connectivity index (χ3n) is 3.00. The molecule has 3 N–H and O–H groups in total. The first-order valence-electron chi connectivity index (χ1n) is 5.94. The Balaban J connectivity index is 2.72. The van der Waals surface area contributed by atoms with Crippen molar-refractivity contribution in [3.05, 3.63) is 0 Å². The number of hydrogen-bond donors (Lipinski definition) is 2. The van der Waals surface area contributed by atoms with Crippen molar-refractivity contribution in [2.24, 2.45) is 5.73 Å². The highest BCUT2D eigenvalue weighted by atomic mass is 16.6. The Morgan fingerprint density at radius 3 is 2.29 bits per heavy atom. The van der Waals surface area contributed by atoms with Crippen LogP contribution >= 0.6 is 0 Å². The lowest BCUT2D eigenvalue weighted by Gasteiger charge is -2.41. The van der Waals surface area contributed by atoms with E-state index in [0.29, 0.717) is 19.6 Å². The molecule has 1 aliphatic heterocycles. The van der Waals surface area contributed by atoms with Crippen molar-refractivity contribution in [1.29, 1.82) is 0 Å². The minimum absolute atomic E-state index is 0.426. The number of rotatable bonds is 2. The number of carbonyl (C=O) groups excluding carboxylic acids is 1. The monoisotopic (exact) mass is 244 g/mol. The van der Waals surface area contributed by atoms with E-state index in [4.69, 9.17) is 15.2 Å². The lowest BCUT2D eigenvalue weighted by atomic mass is 9.79. The van der Waals surface area contributed by atoms with Gasteiger partial charge in [-0.05, 0) is 41.0 Å². The van der Waals surface area contributed by atoms with Crippen LogP contribution in [0.15, 0.2) is 0 Å². The molecule has 1 fully saturated rings. The van der Waals surface area contributed by atoms with Gasteiger partial charge in [0.25, 0.3) is 0 Å². The summed E-state index contributed by atoms with van der Waals surface area (Å²) in [6.45, 7) is 10.3. The van der Waals surface area contributed by atoms with Crippen molar-refractivity contribution >= 4 is 6.09 Å². The van der Waals surface area contributed by atoms with Crippen LogP contribution in [0.5, 0.6) is 0 Å². The van der Waals surface area contributed by atoms with E-state index in [1.807, 2.05) is 34.6 Å². The third-order valence-corrected chi connectivity index (χ3v) is 3.00. The first-order valence-corrected chi connectivity index (χ1v) is 5.94. The molecular weight excluding hydrogens is 220 g/mol. The quantitative estimate of drug-likeness (QED) is 0.770. The van der Waals surface area contributed by atoms with Gasteiger partial charge in [-0.2, -0.15) is 0 Å². The standard InChI is InChI=1S/C12H24N2O3/c1-10(2,3)17-9(15)14-12(11(4,5)13)6-7-16-8-12/h6-8,13H2,1-5H3,(H,14,15). The second-order valence-corrected chi connectivity index (χ2v) is 6.23. The largest absolute Gasteiger partial charge is 0.444 e. The molecule has 100 valence electrons. The third kappa shape index (κ3) is 3.57. The zero-order valence-electron chi connectivity index (χ0n) is 11.4. The molecule has 1 atom stereocenters. The molecule has 17 heavy (non-hydrogen) atoms. The average Bonchev–Trinajstić information content (AvgIpc) is 2.48. The molecule has 5 heteroatoms. The molecule has 5 nitrogen and oxygen atoms in total. The predicted octanol–water partition coefficient (Wildman–Crippen LogP) is 1.41. The highest BCUT2D eigenvalue weighted by Gasteiger charge is 2.47. The van der Waals surface area contributed by atoms with Gasteiger partial charge in [0, 0.05) is 12.1 Å². The second-order valence-electron chi connectivity index (χ2n) is 6.23. The zero-order chi connectivity index (χ0) is 13.3. The fourth-order valence-corrected chi connectivity index (χ4v) is 1.83. The summed E-state index contributed by atoms with van der Waals surface area (Å²) in [6.07, 6.45) is 0.261. The maximum absolute atomic E-state index is 11.8. The summed E-state index contributed by atoms with van der Waals surface area (Å²) in [7, 11) is 0. The second kappa shape index (κ2) is 4.46. The molecule has 1 rings (SSSR count). The molecule has 1 unspecified atom stereocenters. The van der Waals surface area contributed by atoms with Gasteiger partial charge in [-0.1, -0.05) is 0 Å². The molecule has 1 amide bonds. The number of alkyl carbamates (subject to hydrolysis) is 1. The average molecular weight is 244 g/mol. The molecule has 1 aliphatic rings. The van der Waals surface area contributed by atoms with Crippen LogP contribution in [0.4, 0.5) is 4.79 Å². The van der Waals surface area contributed by atoms with Crippen LogP contribution < -0.4 is 11.1 Å². The molecular formula is C12H24N2O3. The fourth-order valence-electron chi connectivity index (χ4n) is 1.83. The summed E-state index contributed by atoms with van der Waals surface area (Å²) in [5, 5.41) is 2.88. The maximum atomic E-state index is 11.8. The summed E-state index contributed by atoms with van der Waals surface area (Å²) in [5.74, 6) is 0. The Hall–Kier alpha value is -0.810. The Bertz CT molecular complexity index is 283. The molecule has 0 aromatic rings. The van der Waals surface area contributed by atoms with Gasteiger partial charge in [0.2, 0.25) is 0 Å². The highest BCUT2D eigenvalue weighted by Crippen LogP contribution is 2.29. The van der Waals surface area contributed by atoms with Gasteiger partial charge in [-0.15, -0.1) is 0 Å². The topological polar surface area (TPSA) is 73.6 Å². The maximum Gasteiger partial charge on any atom is 0.408 e. The predicted molar refractivity (Wildman–Crippen MR) is 65.8 cm³/mol. The Kier molecular flexibility index (Phi) is 3.74. The number of carbonyl (C=O) groups is 1. The summed E-state index contributed by atoms with van der Waals surface area (Å²) in [5.41, 5.74) is 4.53. The Morgan fingerprint density at radius 2 is 1.94 bits per heavy atom. The molecule has 0 aromatic heterocycles. The van der Waals surface area contributed by atoms with Crippen molar-refractivity contribution in [2.45, 2.75) is 57.7 Å². The smallest absolute Gasteiger partial charge is 0.408 e. The Labute approximate surface area is 103 Å². The summed E-state index contributed by atoms with van der Waals surface area (Å²) < 4.78 is 10.6. The van der Waals surface area contributed by atoms with Crippen LogP contribution in [0, 0.1) is 0 Å². The van der Waals surface area contributed by atoms with Gasteiger partial charge in [0.1, 0.15) is 5.60 Å². The number of nitrogens with one attached hydrogen (secondary N) is 1. The van der Waals surface area contributed by atoms with E-state index >= 15 is 0 Å². The molecule has 1 saturated heterocycles. The molecule has 0 aliphatic carbocycles. The van der Waals surface area contributed by atoms with Gasteiger partial charge < -0.3 is 20.5 Å². The van der Waals surface area contributed by atoms with Gasteiger partial charge in [0.15, 0.2) is 0 Å². The van der Waals surface area contributed by atoms with Crippen molar-refractivity contribution in [1.82, 2.24) is 5.32 Å². The van der Waals surface area contributed by atoms with Crippen molar-refractivity contribution in [3.8, 4) is 0 Å². The van der Waals surface area contributed by atoms with Crippen LogP contribution in [0.1, 0.15) is 41.0 Å². The zero-order valence-corrected chi connectivity index (χ0v) is 11.4. The molecule has 1 heterocycles. The molecule has 0 spiro atoms. The normalized spacial score (nSPS) is 25.8. The number of nitrogens with two attached hydrogens (primary N) is 1.